The van der Waals surface area contributed by atoms with Crippen molar-refractivity contribution in [2.75, 3.05) is 26.4 Å². The second kappa shape index (κ2) is 63.7. The Morgan fingerprint density at radius 2 is 0.861 bits per heavy atom. The number of hydrogen-bond donors (Lipinski definition) is 14. The fourth-order valence-electron chi connectivity index (χ4n) is 15.5. The fraction of sp³-hybridized carbons (Fsp3) is 0.941. The van der Waals surface area contributed by atoms with E-state index >= 15 is 0 Å². The maximum Gasteiger partial charge on any atom is 0.364 e. The molecular formula is C85H160N2O21. The molecule has 636 valence electrons. The van der Waals surface area contributed by atoms with E-state index in [1.807, 2.05) is 0 Å². The molecule has 108 heavy (non-hydrogen) atoms. The number of allylic oxidation sites excluding steroid dienone is 2. The second-order valence-corrected chi connectivity index (χ2v) is 32.1. The molecule has 3 aliphatic heterocycles. The average molecular weight is 1550 g/mol. The van der Waals surface area contributed by atoms with Crippen LogP contribution in [0.25, 0.3) is 0 Å². The van der Waals surface area contributed by atoms with E-state index in [9.17, 15) is 75.7 Å². The molecule has 23 nitrogen and oxygen atoms in total. The van der Waals surface area contributed by atoms with E-state index in [0.717, 1.165) is 58.3 Å². The maximum absolute atomic E-state index is 13.6. The van der Waals surface area contributed by atoms with Crippen molar-refractivity contribution in [2.24, 2.45) is 0 Å². The number of ether oxygens (including phenoxy) is 6. The first kappa shape index (κ1) is 99.7. The van der Waals surface area contributed by atoms with Gasteiger partial charge in [-0.2, -0.15) is 0 Å². The summed E-state index contributed by atoms with van der Waals surface area (Å²) < 4.78 is 35.0. The monoisotopic (exact) mass is 1550 g/mol. The maximum atomic E-state index is 13.6. The molecule has 0 radical (unpaired) electrons. The summed E-state index contributed by atoms with van der Waals surface area (Å²) in [7, 11) is 0. The number of carboxylic acids is 1. The zero-order valence-corrected chi connectivity index (χ0v) is 67.7. The number of unbranched alkanes of at least 4 members (excludes halogenated alkanes) is 49. The highest BCUT2D eigenvalue weighted by molar-refractivity contribution is 5.77. The van der Waals surface area contributed by atoms with Crippen LogP contribution in [-0.4, -0.2) is 215 Å². The number of nitrogens with one attached hydrogen (secondary N) is 2. The van der Waals surface area contributed by atoms with E-state index in [1.54, 1.807) is 0 Å². The topological polar surface area (TPSA) is 373 Å². The smallest absolute Gasteiger partial charge is 0.364 e. The van der Waals surface area contributed by atoms with Crippen molar-refractivity contribution in [2.45, 2.75) is 484 Å². The number of aliphatic hydroxyl groups excluding tert-OH is 11. The van der Waals surface area contributed by atoms with Crippen LogP contribution >= 0.6 is 0 Å². The lowest BCUT2D eigenvalue weighted by atomic mass is 9.88. The second-order valence-electron chi connectivity index (χ2n) is 32.1. The number of aliphatic hydroxyl groups is 11. The Hall–Kier alpha value is -2.53. The van der Waals surface area contributed by atoms with E-state index in [2.05, 4.69) is 36.6 Å². The summed E-state index contributed by atoms with van der Waals surface area (Å²) in [5.74, 6) is -6.09. The molecule has 0 aliphatic carbocycles. The van der Waals surface area contributed by atoms with Crippen molar-refractivity contribution < 1.29 is 104 Å². The largest absolute Gasteiger partial charge is 0.477 e. The van der Waals surface area contributed by atoms with Crippen LogP contribution in [0, 0.1) is 0 Å². The van der Waals surface area contributed by atoms with Gasteiger partial charge in [0, 0.05) is 19.8 Å². The summed E-state index contributed by atoms with van der Waals surface area (Å²) in [5, 5.41) is 137. The molecule has 3 rings (SSSR count). The zero-order valence-electron chi connectivity index (χ0n) is 67.7. The summed E-state index contributed by atoms with van der Waals surface area (Å²) in [6.07, 6.45) is 42.1. The van der Waals surface area contributed by atoms with Gasteiger partial charge in [0.1, 0.15) is 67.1 Å². The Balaban J connectivity index is 1.46. The molecule has 14 N–H and O–H groups in total. The van der Waals surface area contributed by atoms with Gasteiger partial charge in [-0.05, 0) is 38.5 Å². The van der Waals surface area contributed by atoms with Crippen LogP contribution in [-0.2, 0) is 42.8 Å². The predicted molar refractivity (Wildman–Crippen MR) is 422 cm³/mol. The summed E-state index contributed by atoms with van der Waals surface area (Å²) >= 11 is 0. The molecule has 0 aromatic rings. The van der Waals surface area contributed by atoms with E-state index in [1.165, 1.54) is 270 Å². The number of hydrogen-bond acceptors (Lipinski definition) is 20. The zero-order chi connectivity index (χ0) is 78.8. The summed E-state index contributed by atoms with van der Waals surface area (Å²) in [4.78, 5) is 38.8. The summed E-state index contributed by atoms with van der Waals surface area (Å²) in [5.41, 5.74) is 0. The molecule has 3 heterocycles. The van der Waals surface area contributed by atoms with Crippen LogP contribution < -0.4 is 10.6 Å². The van der Waals surface area contributed by atoms with Gasteiger partial charge in [-0.1, -0.05) is 328 Å². The minimum atomic E-state index is -3.08. The molecular weight excluding hydrogens is 1380 g/mol. The quantitative estimate of drug-likeness (QED) is 0.0199. The molecule has 0 spiro atoms. The summed E-state index contributed by atoms with van der Waals surface area (Å²) in [6, 6.07) is -2.53. The minimum Gasteiger partial charge on any atom is -0.477 e. The van der Waals surface area contributed by atoms with Gasteiger partial charge in [-0.25, -0.2) is 4.79 Å². The van der Waals surface area contributed by atoms with Crippen molar-refractivity contribution >= 4 is 17.8 Å². The number of carboxylic acid groups (broad SMARTS) is 1. The number of amides is 2. The Labute approximate surface area is 651 Å². The lowest BCUT2D eigenvalue weighted by Crippen LogP contribution is -2.70. The first-order valence-electron chi connectivity index (χ1n) is 44.0. The van der Waals surface area contributed by atoms with Crippen molar-refractivity contribution in [1.29, 1.82) is 0 Å². The minimum absolute atomic E-state index is 0.227. The number of aliphatic carboxylic acids is 1. The van der Waals surface area contributed by atoms with Gasteiger partial charge in [0.25, 0.3) is 5.79 Å². The van der Waals surface area contributed by atoms with Gasteiger partial charge >= 0.3 is 5.97 Å². The van der Waals surface area contributed by atoms with Crippen LogP contribution in [0.15, 0.2) is 12.2 Å². The van der Waals surface area contributed by atoms with Gasteiger partial charge in [-0.3, -0.25) is 9.59 Å². The lowest BCUT2D eigenvalue weighted by molar-refractivity contribution is -0.386. The highest BCUT2D eigenvalue weighted by Crippen LogP contribution is 2.39. The van der Waals surface area contributed by atoms with Crippen molar-refractivity contribution in [1.82, 2.24) is 10.6 Å². The Morgan fingerprint density at radius 3 is 1.25 bits per heavy atom. The van der Waals surface area contributed by atoms with Gasteiger partial charge in [-0.15, -0.1) is 0 Å². The fourth-order valence-corrected chi connectivity index (χ4v) is 15.5. The van der Waals surface area contributed by atoms with Crippen molar-refractivity contribution in [3.63, 3.8) is 0 Å². The molecule has 0 bridgehead atoms. The Bertz CT molecular complexity index is 2190. The molecule has 3 fully saturated rings. The van der Waals surface area contributed by atoms with Gasteiger partial charge in [0.15, 0.2) is 12.6 Å². The van der Waals surface area contributed by atoms with E-state index in [-0.39, 0.29) is 18.9 Å². The Morgan fingerprint density at radius 1 is 0.472 bits per heavy atom. The van der Waals surface area contributed by atoms with Crippen molar-refractivity contribution in [3.05, 3.63) is 12.2 Å². The third-order valence-electron chi connectivity index (χ3n) is 22.5. The van der Waals surface area contributed by atoms with Crippen LogP contribution in [0.1, 0.15) is 374 Å². The number of rotatable bonds is 71. The number of carbonyl (C=O) groups excluding carboxylic acids is 2. The first-order valence-corrected chi connectivity index (χ1v) is 44.0. The lowest BCUT2D eigenvalue weighted by Gasteiger charge is -2.50. The van der Waals surface area contributed by atoms with Crippen LogP contribution in [0.5, 0.6) is 0 Å². The third kappa shape index (κ3) is 42.7. The molecule has 18 unspecified atom stereocenters. The average Bonchev–Trinajstić information content (AvgIpc) is 0.755. The molecule has 3 saturated heterocycles. The molecule has 23 heteroatoms. The summed E-state index contributed by atoms with van der Waals surface area (Å²) in [6.45, 7) is 2.28. The number of carbonyl (C=O) groups is 3. The Kier molecular flexibility index (Phi) is 58.8. The SMILES string of the molecule is CCCCCCCCCCCCCC/C=C\CCCCCCCCCCCCCCCCCC(=O)NC(COC1OC(CO)C(OC2OC(CO)C(O)C(OC3(C(=O)O)CC(O)C(NC(C)=O)C(C(O)C(O)CO)O3)C2O)C(O)C1O)C(O)CCCCCCCCCCCCCCCCCCCCCCCCC. The van der Waals surface area contributed by atoms with Gasteiger partial charge < -0.3 is 100 Å². The van der Waals surface area contributed by atoms with Gasteiger partial charge in [0.2, 0.25) is 11.8 Å². The predicted octanol–water partition coefficient (Wildman–Crippen LogP) is 13.3. The van der Waals surface area contributed by atoms with E-state index in [0.29, 0.717) is 19.3 Å². The molecule has 0 aromatic carbocycles. The third-order valence-corrected chi connectivity index (χ3v) is 22.5. The standard InChI is InChI=1S/C85H160N2O21/c1-4-6-8-10-12-14-16-18-20-22-24-26-28-29-30-31-32-33-34-35-37-39-41-43-45-47-49-51-53-55-57-59-72(95)87-66(67(92)58-56-54-52-50-48-46-44-42-40-38-36-27-25-23-21-19-17-15-13-11-9-7-5-2)64-103-82-77(99)76(98)79(71(63-90)105-82)106-83-78(100)81(75(97)70(62-89)104-83)108-85(84(101)102)60-68(93)73(86-65(3)91)80(107-85)74(96)69(94)61-88/h29-30,66-71,73-83,88-90,92-94,96-100H,4-28,31-64H2,1-3H3,(H,86,91)(H,87,95)(H,101,102)/b30-29-. The normalized spacial score (nSPS) is 25.9. The first-order chi connectivity index (χ1) is 52.4. The van der Waals surface area contributed by atoms with Gasteiger partial charge in [0.05, 0.1) is 50.7 Å². The highest BCUT2D eigenvalue weighted by atomic mass is 16.8. The highest BCUT2D eigenvalue weighted by Gasteiger charge is 2.60. The molecule has 2 amide bonds. The van der Waals surface area contributed by atoms with Crippen LogP contribution in [0.4, 0.5) is 0 Å². The molecule has 0 saturated carbocycles. The van der Waals surface area contributed by atoms with Crippen LogP contribution in [0.3, 0.4) is 0 Å². The van der Waals surface area contributed by atoms with E-state index < -0.39 is 148 Å². The molecule has 3 aliphatic rings. The molecule has 0 aromatic heterocycles. The van der Waals surface area contributed by atoms with Crippen molar-refractivity contribution in [3.8, 4) is 0 Å². The van der Waals surface area contributed by atoms with Crippen LogP contribution in [0.2, 0.25) is 0 Å². The molecule has 18 atom stereocenters. The van der Waals surface area contributed by atoms with E-state index in [4.69, 9.17) is 28.4 Å².